The third-order valence-electron chi connectivity index (χ3n) is 10.3. The number of carbonyl (C=O) groups excluding carboxylic acids is 2. The lowest BCUT2D eigenvalue weighted by molar-refractivity contribution is -0.154. The molecule has 0 radical (unpaired) electrons. The SMILES string of the molecule is COc1c(C)cc2c(c1O)[C@@H]1C3[C@@H]4SCC(N(C)C)C(=O)OC[C@@H](c5c6c(c(C)c(OC(C)=O)c54)OCO6)N3[C@@H](C#N)[C@H](C2)N1C. The summed E-state index contributed by atoms with van der Waals surface area (Å²) in [5.41, 5.74) is 4.65. The van der Waals surface area contributed by atoms with Gasteiger partial charge in [-0.05, 0) is 52.5 Å². The van der Waals surface area contributed by atoms with Crippen molar-refractivity contribution in [1.29, 1.82) is 5.26 Å². The summed E-state index contributed by atoms with van der Waals surface area (Å²) >= 11 is 1.55. The number of benzene rings is 2. The van der Waals surface area contributed by atoms with E-state index in [1.807, 2.05) is 39.9 Å². The Balaban J connectivity index is 1.56. The Kier molecular flexibility index (Phi) is 7.55. The molecular formula is C33H38N4O8S. The zero-order valence-corrected chi connectivity index (χ0v) is 27.8. The number of aromatic hydroxyl groups is 1. The van der Waals surface area contributed by atoms with Crippen LogP contribution in [-0.2, 0) is 20.7 Å². The molecule has 2 unspecified atom stereocenters. The molecule has 5 heterocycles. The first kappa shape index (κ1) is 30.9. The van der Waals surface area contributed by atoms with Crippen molar-refractivity contribution in [3.05, 3.63) is 39.4 Å². The maximum Gasteiger partial charge on any atom is 0.324 e. The van der Waals surface area contributed by atoms with Crippen LogP contribution in [0.2, 0.25) is 0 Å². The first-order valence-corrected chi connectivity index (χ1v) is 16.4. The number of methoxy groups -OCH3 is 1. The summed E-state index contributed by atoms with van der Waals surface area (Å²) < 4.78 is 29.9. The molecule has 2 aromatic rings. The van der Waals surface area contributed by atoms with Crippen molar-refractivity contribution in [2.75, 3.05) is 47.4 Å². The number of piperazine rings is 1. The van der Waals surface area contributed by atoms with Gasteiger partial charge in [-0.2, -0.15) is 5.26 Å². The minimum absolute atomic E-state index is 0.0152. The molecule has 1 N–H and O–H groups in total. The van der Waals surface area contributed by atoms with Crippen LogP contribution in [0.5, 0.6) is 28.7 Å². The van der Waals surface area contributed by atoms with Gasteiger partial charge < -0.3 is 28.8 Å². The van der Waals surface area contributed by atoms with Crippen LogP contribution < -0.4 is 18.9 Å². The van der Waals surface area contributed by atoms with Crippen molar-refractivity contribution in [1.82, 2.24) is 14.7 Å². The summed E-state index contributed by atoms with van der Waals surface area (Å²) in [7, 11) is 7.24. The molecule has 2 saturated heterocycles. The van der Waals surface area contributed by atoms with Gasteiger partial charge in [-0.3, -0.25) is 24.3 Å². The molecular weight excluding hydrogens is 612 g/mol. The maximum absolute atomic E-state index is 13.5. The monoisotopic (exact) mass is 650 g/mol. The van der Waals surface area contributed by atoms with Crippen LogP contribution in [0.15, 0.2) is 6.07 Å². The van der Waals surface area contributed by atoms with E-state index in [0.29, 0.717) is 46.3 Å². The van der Waals surface area contributed by atoms with E-state index < -0.39 is 35.4 Å². The fourth-order valence-electron chi connectivity index (χ4n) is 8.32. The van der Waals surface area contributed by atoms with Crippen LogP contribution in [0.4, 0.5) is 0 Å². The number of likely N-dealkylation sites (N-methyl/N-ethyl adjacent to an activating group) is 2. The van der Waals surface area contributed by atoms with Crippen molar-refractivity contribution < 1.29 is 38.4 Å². The van der Waals surface area contributed by atoms with Crippen molar-refractivity contribution in [2.45, 2.75) is 68.7 Å². The number of nitriles is 1. The smallest absolute Gasteiger partial charge is 0.324 e. The number of rotatable bonds is 3. The molecule has 7 rings (SSSR count). The van der Waals surface area contributed by atoms with Crippen LogP contribution in [0, 0.1) is 25.2 Å². The van der Waals surface area contributed by atoms with Gasteiger partial charge in [-0.1, -0.05) is 6.07 Å². The van der Waals surface area contributed by atoms with E-state index in [2.05, 4.69) is 21.9 Å². The van der Waals surface area contributed by atoms with Gasteiger partial charge in [0.2, 0.25) is 6.79 Å². The topological polar surface area (TPSA) is 134 Å². The van der Waals surface area contributed by atoms with Gasteiger partial charge in [-0.25, -0.2) is 0 Å². The predicted molar refractivity (Wildman–Crippen MR) is 167 cm³/mol. The van der Waals surface area contributed by atoms with Gasteiger partial charge >= 0.3 is 11.9 Å². The minimum Gasteiger partial charge on any atom is -0.504 e. The third-order valence-corrected chi connectivity index (χ3v) is 11.6. The summed E-state index contributed by atoms with van der Waals surface area (Å²) in [6.07, 6.45) is 0.534. The fraction of sp³-hybridized carbons (Fsp3) is 0.545. The highest BCUT2D eigenvalue weighted by atomic mass is 32.2. The molecule has 13 heteroatoms. The summed E-state index contributed by atoms with van der Waals surface area (Å²) in [5, 5.41) is 22.3. The largest absolute Gasteiger partial charge is 0.504 e. The van der Waals surface area contributed by atoms with E-state index in [4.69, 9.17) is 23.7 Å². The van der Waals surface area contributed by atoms with Crippen LogP contribution >= 0.6 is 11.8 Å². The van der Waals surface area contributed by atoms with Gasteiger partial charge in [0.05, 0.1) is 30.5 Å². The second-order valence-electron chi connectivity index (χ2n) is 12.9. The first-order chi connectivity index (χ1) is 22.0. The standard InChI is InChI=1S/C33H38N4O8S/c1-14-8-17-9-18-19(10-34)37-20-11-42-33(40)21(35(4)5)12-46-32(26(37)25(36(18)6)22(17)27(39)28(14)41-7)24-23(20)31-30(43-13-44-31)15(2)29(24)45-16(3)38/h8,18-21,25-26,32,39H,9,11-13H2,1-7H3/t18-,19-,20-,21?,25+,26?,32+/m0/s1. The summed E-state index contributed by atoms with van der Waals surface area (Å²) in [5.74, 6) is 1.42. The highest BCUT2D eigenvalue weighted by molar-refractivity contribution is 7.99. The van der Waals surface area contributed by atoms with Crippen molar-refractivity contribution in [2.24, 2.45) is 0 Å². The van der Waals surface area contributed by atoms with Crippen molar-refractivity contribution in [3.8, 4) is 34.8 Å². The normalized spacial score (nSPS) is 29.7. The summed E-state index contributed by atoms with van der Waals surface area (Å²) in [4.78, 5) is 32.4. The molecule has 0 spiro atoms. The second-order valence-corrected chi connectivity index (χ2v) is 14.0. The predicted octanol–water partition coefficient (Wildman–Crippen LogP) is 3.16. The zero-order chi connectivity index (χ0) is 32.8. The quantitative estimate of drug-likeness (QED) is 0.386. The second kappa shape index (κ2) is 11.2. The molecule has 5 aliphatic rings. The lowest BCUT2D eigenvalue weighted by Crippen LogP contribution is -2.69. The van der Waals surface area contributed by atoms with Gasteiger partial charge in [0, 0.05) is 47.0 Å². The molecule has 4 bridgehead atoms. The number of phenols is 1. The molecule has 2 fully saturated rings. The number of nitrogens with zero attached hydrogens (tertiary/aromatic N) is 4. The van der Waals surface area contributed by atoms with Crippen LogP contribution in [0.3, 0.4) is 0 Å². The number of aryl methyl sites for hydroxylation is 1. The average Bonchev–Trinajstić information content (AvgIpc) is 3.49. The molecule has 0 aliphatic carbocycles. The Labute approximate surface area is 272 Å². The van der Waals surface area contributed by atoms with Gasteiger partial charge in [-0.15, -0.1) is 11.8 Å². The molecule has 12 nitrogen and oxygen atoms in total. The van der Waals surface area contributed by atoms with E-state index >= 15 is 0 Å². The number of carbonyl (C=O) groups is 2. The van der Waals surface area contributed by atoms with E-state index in [0.717, 1.165) is 22.3 Å². The molecule has 0 amide bonds. The third kappa shape index (κ3) is 4.30. The Morgan fingerprint density at radius 1 is 1.15 bits per heavy atom. The number of ether oxygens (including phenoxy) is 5. The molecule has 5 aliphatic heterocycles. The Morgan fingerprint density at radius 3 is 2.57 bits per heavy atom. The Morgan fingerprint density at radius 2 is 1.89 bits per heavy atom. The van der Waals surface area contributed by atoms with Crippen LogP contribution in [-0.4, -0.2) is 103 Å². The first-order valence-electron chi connectivity index (χ1n) is 15.4. The van der Waals surface area contributed by atoms with Crippen molar-refractivity contribution in [3.63, 3.8) is 0 Å². The molecule has 0 aromatic heterocycles. The number of phenolic OH excluding ortho intramolecular Hbond substituents is 1. The highest BCUT2D eigenvalue weighted by Crippen LogP contribution is 2.64. The van der Waals surface area contributed by atoms with Crippen LogP contribution in [0.1, 0.15) is 57.6 Å². The molecule has 7 atom stereocenters. The van der Waals surface area contributed by atoms with E-state index in [-0.39, 0.29) is 37.2 Å². The number of esters is 2. The van der Waals surface area contributed by atoms with E-state index in [1.54, 1.807) is 18.9 Å². The molecule has 46 heavy (non-hydrogen) atoms. The van der Waals surface area contributed by atoms with Gasteiger partial charge in [0.25, 0.3) is 0 Å². The van der Waals surface area contributed by atoms with Crippen LogP contribution in [0.25, 0.3) is 0 Å². The van der Waals surface area contributed by atoms with E-state index in [9.17, 15) is 20.0 Å². The summed E-state index contributed by atoms with van der Waals surface area (Å²) in [6.45, 7) is 5.05. The van der Waals surface area contributed by atoms with Gasteiger partial charge in [0.1, 0.15) is 24.4 Å². The Bertz CT molecular complexity index is 1690. The lowest BCUT2D eigenvalue weighted by Gasteiger charge is -2.61. The maximum atomic E-state index is 13.5. The Hall–Kier alpha value is -3.70. The number of thioether (sulfide) groups is 1. The average molecular weight is 651 g/mol. The minimum atomic E-state index is -0.633. The highest BCUT2D eigenvalue weighted by Gasteiger charge is 2.60. The number of hydrogen-bond donors (Lipinski definition) is 1. The molecule has 0 saturated carbocycles. The van der Waals surface area contributed by atoms with Gasteiger partial charge in [0.15, 0.2) is 23.0 Å². The molecule has 2 aromatic carbocycles. The zero-order valence-electron chi connectivity index (χ0n) is 26.9. The van der Waals surface area contributed by atoms with E-state index in [1.165, 1.54) is 6.92 Å². The number of hydrogen-bond acceptors (Lipinski definition) is 13. The lowest BCUT2D eigenvalue weighted by atomic mass is 9.71. The number of fused-ring (bicyclic) bond motifs is 9. The fourth-order valence-corrected chi connectivity index (χ4v) is 10.0. The number of cyclic esters (lactones) is 1. The summed E-state index contributed by atoms with van der Waals surface area (Å²) in [6, 6.07) is 1.87. The van der Waals surface area contributed by atoms with Crippen molar-refractivity contribution >= 4 is 23.7 Å². The molecule has 244 valence electrons.